The van der Waals surface area contributed by atoms with Crippen LogP contribution in [0.4, 0.5) is 5.13 Å². The zero-order valence-electron chi connectivity index (χ0n) is 16.0. The number of aryl methyl sites for hydroxylation is 2. The molecule has 0 saturated heterocycles. The van der Waals surface area contributed by atoms with Crippen LogP contribution in [0.3, 0.4) is 0 Å². The van der Waals surface area contributed by atoms with Gasteiger partial charge in [-0.15, -0.1) is 10.2 Å². The molecule has 0 radical (unpaired) electrons. The number of aromatic nitrogens is 3. The molecule has 1 N–H and O–H groups in total. The monoisotopic (exact) mass is 386 g/mol. The van der Waals surface area contributed by atoms with Gasteiger partial charge in [0.1, 0.15) is 10.8 Å². The lowest BCUT2D eigenvalue weighted by Gasteiger charge is -2.55. The van der Waals surface area contributed by atoms with Crippen LogP contribution in [0.2, 0.25) is 0 Å². The minimum Gasteiger partial charge on any atom is -0.361 e. The van der Waals surface area contributed by atoms with Crippen LogP contribution in [0.15, 0.2) is 4.52 Å². The Morgan fingerprint density at radius 1 is 1.15 bits per heavy atom. The minimum absolute atomic E-state index is 0.0248. The second-order valence-electron chi connectivity index (χ2n) is 8.96. The van der Waals surface area contributed by atoms with E-state index in [0.717, 1.165) is 39.8 Å². The molecule has 0 atom stereocenters. The highest BCUT2D eigenvalue weighted by Gasteiger charge is 2.53. The number of hydrogen-bond acceptors (Lipinski definition) is 6. The van der Waals surface area contributed by atoms with Gasteiger partial charge in [0.05, 0.1) is 5.69 Å². The van der Waals surface area contributed by atoms with Gasteiger partial charge in [0, 0.05) is 17.4 Å². The molecular formula is C20H26N4O2S. The number of amides is 1. The average Bonchev–Trinajstić information content (AvgIpc) is 3.20. The lowest BCUT2D eigenvalue weighted by Crippen LogP contribution is -2.48. The fraction of sp³-hybridized carbons (Fsp3) is 0.700. The molecule has 4 aliphatic carbocycles. The van der Waals surface area contributed by atoms with Crippen LogP contribution in [-0.4, -0.2) is 21.3 Å². The second kappa shape index (κ2) is 6.40. The Bertz CT molecular complexity index is 816. The Labute approximate surface area is 163 Å². The Morgan fingerprint density at radius 3 is 2.41 bits per heavy atom. The summed E-state index contributed by atoms with van der Waals surface area (Å²) in [6.45, 7) is 3.79. The van der Waals surface area contributed by atoms with E-state index in [9.17, 15) is 4.79 Å². The third-order valence-electron chi connectivity index (χ3n) is 6.95. The summed E-state index contributed by atoms with van der Waals surface area (Å²) in [6.07, 6.45) is 9.10. The van der Waals surface area contributed by atoms with Crippen molar-refractivity contribution in [1.29, 1.82) is 0 Å². The first kappa shape index (κ1) is 17.3. The van der Waals surface area contributed by atoms with Crippen LogP contribution in [0.1, 0.15) is 67.0 Å². The summed E-state index contributed by atoms with van der Waals surface area (Å²) in [5, 5.41) is 17.5. The van der Waals surface area contributed by atoms with Crippen molar-refractivity contribution in [3.05, 3.63) is 22.0 Å². The number of carbonyl (C=O) groups excluding carboxylic acids is 1. The quantitative estimate of drug-likeness (QED) is 0.834. The van der Waals surface area contributed by atoms with E-state index in [2.05, 4.69) is 20.7 Å². The van der Waals surface area contributed by atoms with Gasteiger partial charge in [-0.1, -0.05) is 16.5 Å². The average molecular weight is 387 g/mol. The largest absolute Gasteiger partial charge is 0.361 e. The molecule has 2 aromatic rings. The normalized spacial score (nSPS) is 31.4. The van der Waals surface area contributed by atoms with E-state index >= 15 is 0 Å². The zero-order valence-corrected chi connectivity index (χ0v) is 16.8. The molecule has 2 aromatic heterocycles. The maximum absolute atomic E-state index is 12.4. The third kappa shape index (κ3) is 3.10. The summed E-state index contributed by atoms with van der Waals surface area (Å²) in [5.74, 6) is 3.42. The molecule has 2 heterocycles. The van der Waals surface area contributed by atoms with E-state index in [1.165, 1.54) is 38.5 Å². The lowest BCUT2D eigenvalue weighted by molar-refractivity contribution is -0.116. The fourth-order valence-electron chi connectivity index (χ4n) is 6.14. The summed E-state index contributed by atoms with van der Waals surface area (Å²) in [5.41, 5.74) is 2.13. The zero-order chi connectivity index (χ0) is 18.6. The van der Waals surface area contributed by atoms with Crippen molar-refractivity contribution < 1.29 is 9.32 Å². The molecule has 4 bridgehead atoms. The molecule has 0 spiro atoms. The van der Waals surface area contributed by atoms with E-state index in [4.69, 9.17) is 4.52 Å². The highest BCUT2D eigenvalue weighted by Crippen LogP contribution is 2.61. The van der Waals surface area contributed by atoms with Gasteiger partial charge in [-0.3, -0.25) is 4.79 Å². The third-order valence-corrected chi connectivity index (χ3v) is 8.03. The second-order valence-corrected chi connectivity index (χ2v) is 9.94. The Hall–Kier alpha value is -1.76. The maximum Gasteiger partial charge on any atom is 0.226 e. The maximum atomic E-state index is 12.4. The van der Waals surface area contributed by atoms with E-state index in [1.807, 2.05) is 13.8 Å². The summed E-state index contributed by atoms with van der Waals surface area (Å²) in [4.78, 5) is 12.4. The lowest BCUT2D eigenvalue weighted by atomic mass is 9.50. The molecule has 4 aliphatic rings. The van der Waals surface area contributed by atoms with Crippen molar-refractivity contribution in [2.24, 2.45) is 17.8 Å². The van der Waals surface area contributed by atoms with Gasteiger partial charge < -0.3 is 9.84 Å². The van der Waals surface area contributed by atoms with Crippen molar-refractivity contribution >= 4 is 22.4 Å². The molecular weight excluding hydrogens is 360 g/mol. The first-order valence-electron chi connectivity index (χ1n) is 10.1. The fourth-order valence-corrected chi connectivity index (χ4v) is 7.12. The number of nitrogens with one attached hydrogen (secondary N) is 1. The van der Waals surface area contributed by atoms with E-state index in [-0.39, 0.29) is 11.3 Å². The van der Waals surface area contributed by atoms with E-state index in [1.54, 1.807) is 11.3 Å². The van der Waals surface area contributed by atoms with Gasteiger partial charge in [-0.25, -0.2) is 0 Å². The molecule has 0 unspecified atom stereocenters. The van der Waals surface area contributed by atoms with Crippen molar-refractivity contribution in [1.82, 2.24) is 15.4 Å². The van der Waals surface area contributed by atoms with Crippen molar-refractivity contribution in [3.63, 3.8) is 0 Å². The van der Waals surface area contributed by atoms with Crippen LogP contribution in [0.25, 0.3) is 0 Å². The van der Waals surface area contributed by atoms with Crippen LogP contribution in [0.5, 0.6) is 0 Å². The molecule has 144 valence electrons. The highest BCUT2D eigenvalue weighted by molar-refractivity contribution is 7.15. The van der Waals surface area contributed by atoms with Gasteiger partial charge in [0.25, 0.3) is 0 Å². The highest BCUT2D eigenvalue weighted by atomic mass is 32.1. The summed E-state index contributed by atoms with van der Waals surface area (Å²) >= 11 is 1.59. The molecule has 4 saturated carbocycles. The molecule has 27 heavy (non-hydrogen) atoms. The van der Waals surface area contributed by atoms with Crippen molar-refractivity contribution in [2.45, 2.75) is 70.6 Å². The topological polar surface area (TPSA) is 80.9 Å². The van der Waals surface area contributed by atoms with Crippen LogP contribution in [0, 0.1) is 31.6 Å². The number of carbonyl (C=O) groups is 1. The molecule has 4 fully saturated rings. The molecule has 6 rings (SSSR count). The summed E-state index contributed by atoms with van der Waals surface area (Å²) in [7, 11) is 0. The Balaban J connectivity index is 1.24. The number of anilines is 1. The van der Waals surface area contributed by atoms with Crippen molar-refractivity contribution in [2.75, 3.05) is 5.32 Å². The first-order chi connectivity index (χ1) is 13.0. The SMILES string of the molecule is Cc1noc(C)c1CCC(=O)Nc1nnc(C23CC4CC(CC(C4)C2)C3)s1. The Kier molecular flexibility index (Phi) is 4.11. The standard InChI is InChI=1S/C20H26N4O2S/c1-11-16(12(2)26-24-11)3-4-17(25)21-19-23-22-18(27-19)20-8-13-5-14(9-20)7-15(6-13)10-20/h13-15H,3-10H2,1-2H3,(H,21,23,25). The van der Waals surface area contributed by atoms with Gasteiger partial charge in [0.2, 0.25) is 11.0 Å². The molecule has 1 amide bonds. The van der Waals surface area contributed by atoms with E-state index in [0.29, 0.717) is 18.0 Å². The van der Waals surface area contributed by atoms with E-state index < -0.39 is 0 Å². The van der Waals surface area contributed by atoms with Crippen LogP contribution >= 0.6 is 11.3 Å². The Morgan fingerprint density at radius 2 is 1.81 bits per heavy atom. The molecule has 7 heteroatoms. The smallest absolute Gasteiger partial charge is 0.226 e. The number of hydrogen-bond donors (Lipinski definition) is 1. The van der Waals surface area contributed by atoms with Gasteiger partial charge in [-0.05, 0) is 76.5 Å². The van der Waals surface area contributed by atoms with Crippen LogP contribution < -0.4 is 5.32 Å². The van der Waals surface area contributed by atoms with Gasteiger partial charge in [-0.2, -0.15) is 0 Å². The van der Waals surface area contributed by atoms with Crippen molar-refractivity contribution in [3.8, 4) is 0 Å². The van der Waals surface area contributed by atoms with Gasteiger partial charge in [0.15, 0.2) is 0 Å². The summed E-state index contributed by atoms with van der Waals surface area (Å²) in [6, 6.07) is 0. The predicted octanol–water partition coefficient (Wildman–Crippen LogP) is 4.18. The molecule has 0 aliphatic heterocycles. The molecule has 6 nitrogen and oxygen atoms in total. The van der Waals surface area contributed by atoms with Crippen LogP contribution in [-0.2, 0) is 16.6 Å². The number of nitrogens with zero attached hydrogens (tertiary/aromatic N) is 3. The first-order valence-corrected chi connectivity index (χ1v) is 10.9. The van der Waals surface area contributed by atoms with Gasteiger partial charge >= 0.3 is 0 Å². The number of rotatable bonds is 5. The minimum atomic E-state index is -0.0248. The summed E-state index contributed by atoms with van der Waals surface area (Å²) < 4.78 is 5.16. The molecule has 0 aromatic carbocycles. The predicted molar refractivity (Wildman–Crippen MR) is 103 cm³/mol.